The zero-order valence-corrected chi connectivity index (χ0v) is 34.7. The zero-order valence-electron chi connectivity index (χ0n) is 34.7. The van der Waals surface area contributed by atoms with E-state index in [1.54, 1.807) is 11.0 Å². The number of benzene rings is 2. The Morgan fingerprint density at radius 1 is 0.982 bits per heavy atom. The number of carbonyl (C=O) groups excluding carboxylic acids is 3. The van der Waals surface area contributed by atoms with Crippen LogP contribution in [0.25, 0.3) is 5.70 Å². The number of nitrogens with zero attached hydrogens (tertiary/aromatic N) is 3. The van der Waals surface area contributed by atoms with Gasteiger partial charge in [-0.2, -0.15) is 0 Å². The fourth-order valence-corrected chi connectivity index (χ4v) is 5.84. The number of unbranched alkanes of at least 4 members (excludes halogenated alkanes) is 2. The van der Waals surface area contributed by atoms with E-state index in [1.165, 1.54) is 11.1 Å². The number of rotatable bonds is 14. The Balaban J connectivity index is 1.90. The monoisotopic (exact) mass is 757 g/mol. The van der Waals surface area contributed by atoms with Crippen molar-refractivity contribution in [3.05, 3.63) is 76.9 Å². The molecule has 2 N–H and O–H groups in total. The van der Waals surface area contributed by atoms with E-state index in [-0.39, 0.29) is 24.6 Å². The molecule has 0 aliphatic carbocycles. The molecular weight excluding hydrogens is 695 g/mol. The van der Waals surface area contributed by atoms with Crippen LogP contribution >= 0.6 is 0 Å². The Kier molecular flexibility index (Phi) is 16.7. The van der Waals surface area contributed by atoms with Gasteiger partial charge < -0.3 is 29.8 Å². The smallest absolute Gasteiger partial charge is 0.420 e. The van der Waals surface area contributed by atoms with Crippen molar-refractivity contribution in [2.45, 2.75) is 131 Å². The Labute approximate surface area is 328 Å². The fourth-order valence-electron chi connectivity index (χ4n) is 5.84. The van der Waals surface area contributed by atoms with Gasteiger partial charge in [0.25, 0.3) is 5.91 Å². The van der Waals surface area contributed by atoms with Crippen LogP contribution in [0.2, 0.25) is 0 Å². The van der Waals surface area contributed by atoms with Crippen molar-refractivity contribution in [3.63, 3.8) is 0 Å². The maximum atomic E-state index is 14.1. The second-order valence-corrected chi connectivity index (χ2v) is 15.9. The molecule has 1 aliphatic heterocycles. The van der Waals surface area contributed by atoms with Crippen LogP contribution < -0.4 is 15.0 Å². The van der Waals surface area contributed by atoms with Gasteiger partial charge in [0.05, 0.1) is 11.4 Å². The molecule has 11 nitrogen and oxygen atoms in total. The van der Waals surface area contributed by atoms with Crippen molar-refractivity contribution in [3.8, 4) is 5.75 Å². The highest BCUT2D eigenvalue weighted by Gasteiger charge is 2.30. The Morgan fingerprint density at radius 2 is 1.67 bits per heavy atom. The number of anilines is 1. The predicted octanol–water partition coefficient (Wildman–Crippen LogP) is 9.87. The third-order valence-corrected chi connectivity index (χ3v) is 8.78. The molecule has 300 valence electrons. The SMILES string of the molecule is CC=C(C)C(=NC(=CCCC)c1cccc(OCC(=O)NC2CCN(C(=O)OC(C)(C)C)CC2)c1)N(C(=O)OC(C)(C)C)c1ccc(CCCC)c(C=N)c1. The molecule has 0 spiro atoms. The van der Waals surface area contributed by atoms with E-state index in [1.807, 2.05) is 104 Å². The highest BCUT2D eigenvalue weighted by molar-refractivity contribution is 6.22. The molecule has 0 aromatic heterocycles. The number of allylic oxidation sites excluding steroid dienone is 2. The van der Waals surface area contributed by atoms with Gasteiger partial charge in [0.15, 0.2) is 6.61 Å². The van der Waals surface area contributed by atoms with Gasteiger partial charge in [0, 0.05) is 30.9 Å². The first-order valence-corrected chi connectivity index (χ1v) is 19.6. The normalized spacial score (nSPS) is 14.7. The predicted molar refractivity (Wildman–Crippen MR) is 222 cm³/mol. The minimum Gasteiger partial charge on any atom is -0.484 e. The fraction of sp³-hybridized carbons (Fsp3) is 0.523. The number of carbonyl (C=O) groups is 3. The van der Waals surface area contributed by atoms with Gasteiger partial charge >= 0.3 is 12.2 Å². The molecule has 11 heteroatoms. The Morgan fingerprint density at radius 3 is 2.27 bits per heavy atom. The number of amidine groups is 1. The van der Waals surface area contributed by atoms with Crippen LogP contribution in [0.1, 0.15) is 124 Å². The number of aliphatic imine (C=N–C) groups is 1. The van der Waals surface area contributed by atoms with E-state index in [4.69, 9.17) is 24.6 Å². The van der Waals surface area contributed by atoms with Crippen LogP contribution in [0.3, 0.4) is 0 Å². The van der Waals surface area contributed by atoms with E-state index in [2.05, 4.69) is 19.2 Å². The van der Waals surface area contributed by atoms with Crippen molar-refractivity contribution in [1.29, 1.82) is 5.41 Å². The van der Waals surface area contributed by atoms with E-state index in [9.17, 15) is 14.4 Å². The van der Waals surface area contributed by atoms with Crippen LogP contribution in [0, 0.1) is 5.41 Å². The summed E-state index contributed by atoms with van der Waals surface area (Å²) in [5, 5.41) is 11.2. The summed E-state index contributed by atoms with van der Waals surface area (Å²) >= 11 is 0. The molecule has 1 fully saturated rings. The summed E-state index contributed by atoms with van der Waals surface area (Å²) in [6.45, 7) is 19.9. The third-order valence-electron chi connectivity index (χ3n) is 8.78. The van der Waals surface area contributed by atoms with Crippen LogP contribution in [-0.2, 0) is 20.7 Å². The average Bonchev–Trinajstić information content (AvgIpc) is 3.13. The van der Waals surface area contributed by atoms with Crippen molar-refractivity contribution >= 4 is 41.5 Å². The molecule has 55 heavy (non-hydrogen) atoms. The summed E-state index contributed by atoms with van der Waals surface area (Å²) < 4.78 is 17.4. The number of ether oxygens (including phenoxy) is 3. The van der Waals surface area contributed by atoms with E-state index >= 15 is 0 Å². The number of aryl methyl sites for hydroxylation is 1. The lowest BCUT2D eigenvalue weighted by Gasteiger charge is -2.33. The molecule has 2 aromatic rings. The summed E-state index contributed by atoms with van der Waals surface area (Å²) in [4.78, 5) is 47.8. The second kappa shape index (κ2) is 20.7. The van der Waals surface area contributed by atoms with Gasteiger partial charge in [-0.15, -0.1) is 0 Å². The Bertz CT molecular complexity index is 1720. The first-order chi connectivity index (χ1) is 26.0. The van der Waals surface area contributed by atoms with Gasteiger partial charge in [-0.05, 0) is 128 Å². The molecule has 1 aliphatic rings. The van der Waals surface area contributed by atoms with E-state index in [0.29, 0.717) is 48.9 Å². The number of piperidine rings is 1. The minimum absolute atomic E-state index is 0.0668. The summed E-state index contributed by atoms with van der Waals surface area (Å²) in [6, 6.07) is 13.1. The summed E-state index contributed by atoms with van der Waals surface area (Å²) in [5.74, 6) is 0.640. The molecule has 0 atom stereocenters. The molecule has 3 amide bonds. The highest BCUT2D eigenvalue weighted by Crippen LogP contribution is 2.29. The lowest BCUT2D eigenvalue weighted by molar-refractivity contribution is -0.124. The Hall–Kier alpha value is -4.93. The first kappa shape index (κ1) is 44.5. The number of amides is 3. The van der Waals surface area contributed by atoms with Crippen molar-refractivity contribution in [1.82, 2.24) is 10.2 Å². The van der Waals surface area contributed by atoms with Gasteiger partial charge in [-0.25, -0.2) is 19.5 Å². The molecule has 0 bridgehead atoms. The molecule has 1 heterocycles. The van der Waals surface area contributed by atoms with Crippen LogP contribution in [-0.4, -0.2) is 72.0 Å². The lowest BCUT2D eigenvalue weighted by atomic mass is 10.0. The molecule has 0 unspecified atom stereocenters. The third kappa shape index (κ3) is 14.3. The maximum Gasteiger partial charge on any atom is 0.420 e. The quantitative estimate of drug-likeness (QED) is 0.146. The molecule has 0 radical (unpaired) electrons. The first-order valence-electron chi connectivity index (χ1n) is 19.6. The maximum absolute atomic E-state index is 14.1. The number of hydrogen-bond acceptors (Lipinski definition) is 8. The molecule has 3 rings (SSSR count). The van der Waals surface area contributed by atoms with Crippen LogP contribution in [0.15, 0.2) is 65.2 Å². The molecule has 0 saturated carbocycles. The summed E-state index contributed by atoms with van der Waals surface area (Å²) in [6.07, 6.45) is 10.1. The van der Waals surface area contributed by atoms with Crippen LogP contribution in [0.5, 0.6) is 5.75 Å². The van der Waals surface area contributed by atoms with Gasteiger partial charge in [-0.1, -0.05) is 57.0 Å². The molecular formula is C44H63N5O6. The van der Waals surface area contributed by atoms with Crippen molar-refractivity contribution in [2.24, 2.45) is 4.99 Å². The van der Waals surface area contributed by atoms with Gasteiger partial charge in [0.2, 0.25) is 0 Å². The lowest BCUT2D eigenvalue weighted by Crippen LogP contribution is -2.48. The zero-order chi connectivity index (χ0) is 40.8. The minimum atomic E-state index is -0.772. The van der Waals surface area contributed by atoms with E-state index < -0.39 is 17.3 Å². The summed E-state index contributed by atoms with van der Waals surface area (Å²) in [7, 11) is 0. The van der Waals surface area contributed by atoms with Crippen molar-refractivity contribution in [2.75, 3.05) is 24.6 Å². The number of likely N-dealkylation sites (tertiary alicyclic amines) is 1. The molecule has 1 saturated heterocycles. The number of hydrogen-bond donors (Lipinski definition) is 2. The topological polar surface area (TPSA) is 134 Å². The standard InChI is InChI=1S/C44H63N5O6/c1-11-14-17-32-21-22-36(27-34(32)29-45)49(42(52)55-44(8,9)10)40(31(4)13-3)47-38(20-15-12-2)33-18-16-19-37(28-33)53-30-39(50)46-35-23-25-48(26-24-35)41(51)54-43(5,6)7/h13,16,18-22,27-29,35,45H,11-12,14-15,17,23-26,30H2,1-10H3,(H,46,50). The van der Waals surface area contributed by atoms with Gasteiger partial charge in [-0.3, -0.25) is 4.79 Å². The second-order valence-electron chi connectivity index (χ2n) is 15.9. The van der Waals surface area contributed by atoms with E-state index in [0.717, 1.165) is 54.4 Å². The van der Waals surface area contributed by atoms with Crippen molar-refractivity contribution < 1.29 is 28.6 Å². The molecule has 2 aromatic carbocycles. The number of nitrogens with one attached hydrogen (secondary N) is 2. The van der Waals surface area contributed by atoms with Gasteiger partial charge in [0.1, 0.15) is 22.8 Å². The van der Waals surface area contributed by atoms with Crippen LogP contribution in [0.4, 0.5) is 15.3 Å². The summed E-state index contributed by atoms with van der Waals surface area (Å²) in [5.41, 5.74) is 3.12. The average molecular weight is 758 g/mol. The highest BCUT2D eigenvalue weighted by atomic mass is 16.6. The largest absolute Gasteiger partial charge is 0.484 e.